The van der Waals surface area contributed by atoms with Crippen molar-refractivity contribution in [2.75, 3.05) is 0 Å². The minimum Gasteiger partial charge on any atom is -0.508 e. The molecule has 1 heteroatoms. The summed E-state index contributed by atoms with van der Waals surface area (Å²) in [4.78, 5) is 0. The highest BCUT2D eigenvalue weighted by molar-refractivity contribution is 5.51. The summed E-state index contributed by atoms with van der Waals surface area (Å²) in [6.45, 7) is 10.4. The smallest absolute Gasteiger partial charge is 0.115 e. The van der Waals surface area contributed by atoms with Gasteiger partial charge in [-0.05, 0) is 44.4 Å². The van der Waals surface area contributed by atoms with Gasteiger partial charge in [0.2, 0.25) is 0 Å². The Morgan fingerprint density at radius 1 is 1.26 bits per heavy atom. The maximum absolute atomic E-state index is 9.25. The Kier molecular flexibility index (Phi) is 5.62. The van der Waals surface area contributed by atoms with E-state index < -0.39 is 0 Å². The van der Waals surface area contributed by atoms with Gasteiger partial charge in [0.15, 0.2) is 0 Å². The molecule has 1 rings (SSSR count). The Hall–Kier alpha value is -1.76. The van der Waals surface area contributed by atoms with Gasteiger partial charge in [-0.2, -0.15) is 0 Å². The van der Waals surface area contributed by atoms with Crippen molar-refractivity contribution in [1.29, 1.82) is 0 Å². The summed E-state index contributed by atoms with van der Waals surface area (Å²) in [6, 6.07) is 7.22. The lowest BCUT2D eigenvalue weighted by molar-refractivity contribution is 0.475. The number of benzene rings is 1. The monoisotopic (exact) mass is 256 g/mol. The van der Waals surface area contributed by atoms with Crippen LogP contribution >= 0.6 is 0 Å². The van der Waals surface area contributed by atoms with Gasteiger partial charge in [0.1, 0.15) is 5.75 Å². The molecule has 1 aromatic rings. The highest BCUT2D eigenvalue weighted by atomic mass is 16.3. The molecule has 19 heavy (non-hydrogen) atoms. The number of hydrogen-bond donors (Lipinski definition) is 1. The molecule has 0 spiro atoms. The zero-order valence-corrected chi connectivity index (χ0v) is 12.2. The lowest BCUT2D eigenvalue weighted by Crippen LogP contribution is -2.08. The van der Waals surface area contributed by atoms with Gasteiger partial charge in [-0.15, -0.1) is 6.58 Å². The normalized spacial score (nSPS) is 14.1. The second-order valence-corrected chi connectivity index (χ2v) is 5.45. The van der Waals surface area contributed by atoms with Crippen LogP contribution in [0.4, 0.5) is 0 Å². The van der Waals surface area contributed by atoms with Crippen molar-refractivity contribution in [3.8, 4) is 5.75 Å². The van der Waals surface area contributed by atoms with Crippen molar-refractivity contribution in [2.45, 2.75) is 33.6 Å². The van der Waals surface area contributed by atoms with Crippen molar-refractivity contribution in [1.82, 2.24) is 0 Å². The van der Waals surface area contributed by atoms with E-state index in [1.807, 2.05) is 18.2 Å². The van der Waals surface area contributed by atoms with Crippen LogP contribution in [0.3, 0.4) is 0 Å². The topological polar surface area (TPSA) is 20.2 Å². The fraction of sp³-hybridized carbons (Fsp3) is 0.333. The van der Waals surface area contributed by atoms with E-state index in [0.29, 0.717) is 5.75 Å². The van der Waals surface area contributed by atoms with E-state index in [9.17, 15) is 5.11 Å². The molecule has 0 aromatic heterocycles. The van der Waals surface area contributed by atoms with Gasteiger partial charge in [-0.3, -0.25) is 0 Å². The second kappa shape index (κ2) is 6.98. The van der Waals surface area contributed by atoms with Crippen molar-refractivity contribution in [2.24, 2.45) is 5.41 Å². The average Bonchev–Trinajstić information content (AvgIpc) is 2.38. The fourth-order valence-corrected chi connectivity index (χ4v) is 1.80. The Labute approximate surface area is 117 Å². The lowest BCUT2D eigenvalue weighted by atomic mass is 9.84. The van der Waals surface area contributed by atoms with Crippen LogP contribution in [0.25, 0.3) is 6.08 Å². The molecule has 0 heterocycles. The first kappa shape index (κ1) is 15.3. The predicted molar refractivity (Wildman–Crippen MR) is 84.1 cm³/mol. The highest BCUT2D eigenvalue weighted by Gasteiger charge is 2.14. The van der Waals surface area contributed by atoms with Crippen LogP contribution in [0, 0.1) is 5.41 Å². The molecular formula is C18H24O. The number of allylic oxidation sites excluding steroid dienone is 4. The summed E-state index contributed by atoms with van der Waals surface area (Å²) < 4.78 is 0. The van der Waals surface area contributed by atoms with Gasteiger partial charge in [-0.1, -0.05) is 48.9 Å². The Morgan fingerprint density at radius 2 is 1.89 bits per heavy atom. The van der Waals surface area contributed by atoms with Crippen LogP contribution in [0.2, 0.25) is 0 Å². The number of aromatic hydroxyl groups is 1. The number of phenolic OH excluding ortho intramolecular Hbond substituents is 1. The lowest BCUT2D eigenvalue weighted by Gasteiger charge is -2.20. The standard InChI is InChI=1S/C18H24O/c1-5-18(4,13-6-7-15(2)3)14-12-16-8-10-17(19)11-9-16/h5,7-12,14,19H,1,6,13H2,2-4H3/b14-12+/t18-/m0/s1. The summed E-state index contributed by atoms with van der Waals surface area (Å²) in [5, 5.41) is 9.25. The molecule has 1 N–H and O–H groups in total. The van der Waals surface area contributed by atoms with Crippen LogP contribution in [0.1, 0.15) is 39.2 Å². The highest BCUT2D eigenvalue weighted by Crippen LogP contribution is 2.28. The largest absolute Gasteiger partial charge is 0.508 e. The molecule has 0 aliphatic rings. The van der Waals surface area contributed by atoms with Gasteiger partial charge in [0, 0.05) is 5.41 Å². The zero-order chi connectivity index (χ0) is 14.3. The molecule has 0 aliphatic carbocycles. The first-order chi connectivity index (χ1) is 8.95. The van der Waals surface area contributed by atoms with Crippen LogP contribution in [0.5, 0.6) is 5.75 Å². The second-order valence-electron chi connectivity index (χ2n) is 5.45. The third kappa shape index (κ3) is 5.60. The molecule has 1 aromatic carbocycles. The van der Waals surface area contributed by atoms with Crippen LogP contribution in [0.15, 0.2) is 54.6 Å². The molecule has 0 radical (unpaired) electrons. The zero-order valence-electron chi connectivity index (χ0n) is 12.2. The van der Waals surface area contributed by atoms with Gasteiger partial charge in [-0.25, -0.2) is 0 Å². The molecule has 1 nitrogen and oxygen atoms in total. The SMILES string of the molecule is C=C[C@](C)(/C=C/c1ccc(O)cc1)CCC=C(C)C. The van der Waals surface area contributed by atoms with Gasteiger partial charge in [0.25, 0.3) is 0 Å². The van der Waals surface area contributed by atoms with E-state index in [1.54, 1.807) is 12.1 Å². The number of rotatable bonds is 6. The summed E-state index contributed by atoms with van der Waals surface area (Å²) >= 11 is 0. The van der Waals surface area contributed by atoms with E-state index in [-0.39, 0.29) is 5.41 Å². The maximum atomic E-state index is 9.25. The minimum atomic E-state index is 0.00381. The summed E-state index contributed by atoms with van der Waals surface area (Å²) in [5.41, 5.74) is 2.45. The van der Waals surface area contributed by atoms with Crippen molar-refractivity contribution in [3.05, 3.63) is 60.2 Å². The first-order valence-corrected chi connectivity index (χ1v) is 6.70. The van der Waals surface area contributed by atoms with Crippen LogP contribution in [-0.2, 0) is 0 Å². The maximum Gasteiger partial charge on any atom is 0.115 e. The van der Waals surface area contributed by atoms with Crippen LogP contribution < -0.4 is 0 Å². The van der Waals surface area contributed by atoms with E-state index in [4.69, 9.17) is 0 Å². The molecule has 0 fully saturated rings. The van der Waals surface area contributed by atoms with Gasteiger partial charge in [0.05, 0.1) is 0 Å². The molecule has 102 valence electrons. The Bertz CT molecular complexity index is 461. The third-order valence-electron chi connectivity index (χ3n) is 3.25. The molecule has 0 saturated carbocycles. The summed E-state index contributed by atoms with van der Waals surface area (Å²) in [7, 11) is 0. The van der Waals surface area contributed by atoms with Crippen LogP contribution in [-0.4, -0.2) is 5.11 Å². The average molecular weight is 256 g/mol. The van der Waals surface area contributed by atoms with Gasteiger partial charge >= 0.3 is 0 Å². The van der Waals surface area contributed by atoms with Gasteiger partial charge < -0.3 is 5.11 Å². The molecule has 0 amide bonds. The Balaban J connectivity index is 2.71. The first-order valence-electron chi connectivity index (χ1n) is 6.70. The molecule has 0 saturated heterocycles. The van der Waals surface area contributed by atoms with Crippen molar-refractivity contribution in [3.63, 3.8) is 0 Å². The molecule has 0 bridgehead atoms. The molecular weight excluding hydrogens is 232 g/mol. The van der Waals surface area contributed by atoms with E-state index in [0.717, 1.165) is 18.4 Å². The number of hydrogen-bond acceptors (Lipinski definition) is 1. The predicted octanol–water partition coefficient (Wildman–Crippen LogP) is 5.34. The third-order valence-corrected chi connectivity index (χ3v) is 3.25. The molecule has 1 atom stereocenters. The van der Waals surface area contributed by atoms with Crippen molar-refractivity contribution >= 4 is 6.08 Å². The summed E-state index contributed by atoms with van der Waals surface area (Å²) in [6.07, 6.45) is 10.6. The minimum absolute atomic E-state index is 0.00381. The fourth-order valence-electron chi connectivity index (χ4n) is 1.80. The van der Waals surface area contributed by atoms with E-state index >= 15 is 0 Å². The van der Waals surface area contributed by atoms with E-state index in [1.165, 1.54) is 5.57 Å². The summed E-state index contributed by atoms with van der Waals surface area (Å²) in [5.74, 6) is 0.298. The Morgan fingerprint density at radius 3 is 2.42 bits per heavy atom. The molecule has 0 unspecified atom stereocenters. The number of phenols is 1. The van der Waals surface area contributed by atoms with Crippen molar-refractivity contribution < 1.29 is 5.11 Å². The quantitative estimate of drug-likeness (QED) is 0.681. The molecule has 0 aliphatic heterocycles. The van der Waals surface area contributed by atoms with E-state index in [2.05, 4.69) is 45.6 Å².